The lowest BCUT2D eigenvalue weighted by Crippen LogP contribution is -2.37. The van der Waals surface area contributed by atoms with Gasteiger partial charge in [-0.1, -0.05) is 18.2 Å². The van der Waals surface area contributed by atoms with Crippen LogP contribution in [0.25, 0.3) is 0 Å². The maximum absolute atomic E-state index is 11.7. The van der Waals surface area contributed by atoms with E-state index in [1.165, 1.54) is 5.56 Å². The van der Waals surface area contributed by atoms with Crippen molar-refractivity contribution in [2.24, 2.45) is 0 Å². The molecule has 1 aliphatic heterocycles. The summed E-state index contributed by atoms with van der Waals surface area (Å²) >= 11 is 0. The molecule has 1 aromatic carbocycles. The van der Waals surface area contributed by atoms with E-state index in [0.29, 0.717) is 6.54 Å². The number of amides is 1. The van der Waals surface area contributed by atoms with Crippen LogP contribution in [0.5, 0.6) is 5.75 Å². The lowest BCUT2D eigenvalue weighted by molar-refractivity contribution is -0.128. The number of rotatable bonds is 2. The average Bonchev–Trinajstić information content (AvgIpc) is 2.51. The van der Waals surface area contributed by atoms with Gasteiger partial charge in [0.1, 0.15) is 5.75 Å². The molecule has 1 unspecified atom stereocenters. The van der Waals surface area contributed by atoms with E-state index in [1.54, 1.807) is 0 Å². The monoisotopic (exact) mass is 219 g/mol. The van der Waals surface area contributed by atoms with Crippen molar-refractivity contribution in [1.29, 1.82) is 0 Å². The van der Waals surface area contributed by atoms with Gasteiger partial charge in [0, 0.05) is 6.54 Å². The van der Waals surface area contributed by atoms with Gasteiger partial charge in [0.05, 0.1) is 0 Å². The lowest BCUT2D eigenvalue weighted by atomic mass is 10.1. The van der Waals surface area contributed by atoms with Crippen molar-refractivity contribution in [3.63, 3.8) is 0 Å². The number of benzene rings is 1. The molecule has 0 fully saturated rings. The molecule has 2 rings (SSSR count). The Kier molecular flexibility index (Phi) is 3.44. The fraction of sp³-hybridized carbons (Fsp3) is 0.462. The van der Waals surface area contributed by atoms with Crippen LogP contribution in [0.1, 0.15) is 25.3 Å². The molecule has 1 atom stereocenters. The molecule has 0 aliphatic carbocycles. The Morgan fingerprint density at radius 1 is 1.50 bits per heavy atom. The minimum Gasteiger partial charge on any atom is -0.480 e. The summed E-state index contributed by atoms with van der Waals surface area (Å²) in [6, 6.07) is 7.95. The number of likely N-dealkylation sites (N-methyl/N-ethyl adjacent to an activating group) is 1. The third-order valence-electron chi connectivity index (χ3n) is 2.80. The summed E-state index contributed by atoms with van der Waals surface area (Å²) in [7, 11) is 0. The van der Waals surface area contributed by atoms with Gasteiger partial charge in [-0.15, -0.1) is 0 Å². The molecule has 1 heterocycles. The van der Waals surface area contributed by atoms with Gasteiger partial charge in [-0.3, -0.25) is 4.79 Å². The molecular weight excluding hydrogens is 202 g/mol. The van der Waals surface area contributed by atoms with Gasteiger partial charge in [0.15, 0.2) is 6.10 Å². The van der Waals surface area contributed by atoms with E-state index < -0.39 is 0 Å². The van der Waals surface area contributed by atoms with Crippen LogP contribution in [0.15, 0.2) is 24.3 Å². The third kappa shape index (κ3) is 2.35. The first-order valence-corrected chi connectivity index (χ1v) is 5.83. The molecule has 1 amide bonds. The van der Waals surface area contributed by atoms with Crippen LogP contribution in [0, 0.1) is 0 Å². The highest BCUT2D eigenvalue weighted by molar-refractivity contribution is 5.81. The SMILES string of the molecule is CCNC(=O)C1CCCc2ccccc2O1. The number of hydrogen-bond acceptors (Lipinski definition) is 2. The van der Waals surface area contributed by atoms with Gasteiger partial charge < -0.3 is 10.1 Å². The maximum atomic E-state index is 11.7. The van der Waals surface area contributed by atoms with Crippen molar-refractivity contribution in [3.05, 3.63) is 29.8 Å². The zero-order valence-corrected chi connectivity index (χ0v) is 9.53. The van der Waals surface area contributed by atoms with E-state index in [4.69, 9.17) is 4.74 Å². The Labute approximate surface area is 95.8 Å². The Balaban J connectivity index is 2.13. The quantitative estimate of drug-likeness (QED) is 0.825. The molecule has 0 saturated heterocycles. The molecule has 1 aromatic rings. The summed E-state index contributed by atoms with van der Waals surface area (Å²) in [6.07, 6.45) is 2.45. The average molecular weight is 219 g/mol. The molecule has 1 N–H and O–H groups in total. The molecular formula is C13H17NO2. The molecule has 0 bridgehead atoms. The Morgan fingerprint density at radius 2 is 2.31 bits per heavy atom. The van der Waals surface area contributed by atoms with Crippen LogP contribution in [-0.4, -0.2) is 18.6 Å². The zero-order valence-electron chi connectivity index (χ0n) is 9.53. The molecule has 3 heteroatoms. The third-order valence-corrected chi connectivity index (χ3v) is 2.80. The zero-order chi connectivity index (χ0) is 11.4. The number of hydrogen-bond donors (Lipinski definition) is 1. The van der Waals surface area contributed by atoms with Gasteiger partial charge in [-0.2, -0.15) is 0 Å². The fourth-order valence-electron chi connectivity index (χ4n) is 1.99. The summed E-state index contributed by atoms with van der Waals surface area (Å²) in [5.74, 6) is 0.857. The first-order valence-electron chi connectivity index (χ1n) is 5.83. The van der Waals surface area contributed by atoms with E-state index in [-0.39, 0.29) is 12.0 Å². The minimum atomic E-state index is -0.330. The predicted octanol–water partition coefficient (Wildman–Crippen LogP) is 1.91. The largest absolute Gasteiger partial charge is 0.480 e. The topological polar surface area (TPSA) is 38.3 Å². The van der Waals surface area contributed by atoms with Gasteiger partial charge in [0.2, 0.25) is 0 Å². The maximum Gasteiger partial charge on any atom is 0.261 e. The van der Waals surface area contributed by atoms with Gasteiger partial charge in [0.25, 0.3) is 5.91 Å². The predicted molar refractivity (Wildman–Crippen MR) is 62.5 cm³/mol. The van der Waals surface area contributed by atoms with Crippen LogP contribution in [-0.2, 0) is 11.2 Å². The van der Waals surface area contributed by atoms with E-state index >= 15 is 0 Å². The van der Waals surface area contributed by atoms with Crippen LogP contribution >= 0.6 is 0 Å². The van der Waals surface area contributed by atoms with Crippen molar-refractivity contribution in [2.75, 3.05) is 6.54 Å². The van der Waals surface area contributed by atoms with E-state index in [9.17, 15) is 4.79 Å². The second kappa shape index (κ2) is 5.01. The van der Waals surface area contributed by atoms with Crippen LogP contribution < -0.4 is 10.1 Å². The van der Waals surface area contributed by atoms with Gasteiger partial charge in [-0.05, 0) is 37.8 Å². The number of carbonyl (C=O) groups is 1. The van der Waals surface area contributed by atoms with Gasteiger partial charge >= 0.3 is 0 Å². The summed E-state index contributed by atoms with van der Waals surface area (Å²) in [6.45, 7) is 2.57. The van der Waals surface area contributed by atoms with Gasteiger partial charge in [-0.25, -0.2) is 0 Å². The molecule has 86 valence electrons. The lowest BCUT2D eigenvalue weighted by Gasteiger charge is -2.16. The minimum absolute atomic E-state index is 0.000738. The first-order chi connectivity index (χ1) is 7.81. The van der Waals surface area contributed by atoms with E-state index in [2.05, 4.69) is 11.4 Å². The van der Waals surface area contributed by atoms with Crippen molar-refractivity contribution in [2.45, 2.75) is 32.3 Å². The molecule has 16 heavy (non-hydrogen) atoms. The Bertz CT molecular complexity index is 376. The van der Waals surface area contributed by atoms with Crippen LogP contribution in [0.4, 0.5) is 0 Å². The summed E-state index contributed by atoms with van der Waals surface area (Å²) in [5.41, 5.74) is 1.20. The smallest absolute Gasteiger partial charge is 0.261 e. The number of ether oxygens (including phenoxy) is 1. The van der Waals surface area contributed by atoms with Crippen molar-refractivity contribution in [3.8, 4) is 5.75 Å². The summed E-state index contributed by atoms with van der Waals surface area (Å²) in [5, 5.41) is 2.81. The highest BCUT2D eigenvalue weighted by atomic mass is 16.5. The number of fused-ring (bicyclic) bond motifs is 1. The number of aryl methyl sites for hydroxylation is 1. The van der Waals surface area contributed by atoms with Crippen molar-refractivity contribution >= 4 is 5.91 Å². The molecule has 1 aliphatic rings. The highest BCUT2D eigenvalue weighted by Gasteiger charge is 2.23. The second-order valence-electron chi connectivity index (χ2n) is 4.00. The fourth-order valence-corrected chi connectivity index (χ4v) is 1.99. The standard InChI is InChI=1S/C13H17NO2/c1-2-14-13(15)12-9-5-7-10-6-3-4-8-11(10)16-12/h3-4,6,8,12H,2,5,7,9H2,1H3,(H,14,15). The highest BCUT2D eigenvalue weighted by Crippen LogP contribution is 2.26. The number of para-hydroxylation sites is 1. The summed E-state index contributed by atoms with van der Waals surface area (Å²) in [4.78, 5) is 11.7. The normalized spacial score (nSPS) is 19.2. The van der Waals surface area contributed by atoms with Crippen LogP contribution in [0.2, 0.25) is 0 Å². The number of nitrogens with one attached hydrogen (secondary N) is 1. The molecule has 0 spiro atoms. The van der Waals surface area contributed by atoms with E-state index in [0.717, 1.165) is 25.0 Å². The molecule has 0 radical (unpaired) electrons. The van der Waals surface area contributed by atoms with Crippen LogP contribution in [0.3, 0.4) is 0 Å². The molecule has 0 saturated carbocycles. The molecule has 0 aromatic heterocycles. The first kappa shape index (κ1) is 11.0. The number of carbonyl (C=O) groups excluding carboxylic acids is 1. The van der Waals surface area contributed by atoms with Crippen molar-refractivity contribution < 1.29 is 9.53 Å². The van der Waals surface area contributed by atoms with Crippen molar-refractivity contribution in [1.82, 2.24) is 5.32 Å². The Morgan fingerprint density at radius 3 is 3.12 bits per heavy atom. The Hall–Kier alpha value is -1.51. The van der Waals surface area contributed by atoms with E-state index in [1.807, 2.05) is 25.1 Å². The molecule has 3 nitrogen and oxygen atoms in total. The second-order valence-corrected chi connectivity index (χ2v) is 4.00. The summed E-state index contributed by atoms with van der Waals surface area (Å²) < 4.78 is 5.76.